The molecule has 0 heterocycles. The van der Waals surface area contributed by atoms with Gasteiger partial charge in [-0.2, -0.15) is 0 Å². The highest BCUT2D eigenvalue weighted by atomic mass is 16.5. The number of ether oxygens (including phenoxy) is 2. The summed E-state index contributed by atoms with van der Waals surface area (Å²) in [6.45, 7) is 4.42. The summed E-state index contributed by atoms with van der Waals surface area (Å²) in [4.78, 5) is 12.3. The average molecular weight is 313 g/mol. The lowest BCUT2D eigenvalue weighted by atomic mass is 10.2. The van der Waals surface area contributed by atoms with Gasteiger partial charge < -0.3 is 14.8 Å². The molecule has 122 valence electrons. The molecule has 1 N–H and O–H groups in total. The van der Waals surface area contributed by atoms with Gasteiger partial charge in [0.2, 0.25) is 0 Å². The molecule has 0 saturated heterocycles. The molecule has 23 heavy (non-hydrogen) atoms. The predicted molar refractivity (Wildman–Crippen MR) is 90.7 cm³/mol. The molecule has 1 atom stereocenters. The number of rotatable bonds is 7. The molecule has 0 radical (unpaired) electrons. The average Bonchev–Trinajstić information content (AvgIpc) is 2.59. The Morgan fingerprint density at radius 2 is 1.65 bits per heavy atom. The van der Waals surface area contributed by atoms with E-state index in [1.54, 1.807) is 7.11 Å². The zero-order valence-electron chi connectivity index (χ0n) is 13.8. The molecule has 0 aliphatic heterocycles. The third kappa shape index (κ3) is 5.02. The molecule has 0 aliphatic carbocycles. The highest BCUT2D eigenvalue weighted by Crippen LogP contribution is 2.15. The van der Waals surface area contributed by atoms with Gasteiger partial charge in [-0.25, -0.2) is 0 Å². The first-order valence-electron chi connectivity index (χ1n) is 7.76. The number of nitrogens with one attached hydrogen (secondary N) is 1. The van der Waals surface area contributed by atoms with Gasteiger partial charge in [0.1, 0.15) is 11.5 Å². The molecular formula is C19H23NO3. The Morgan fingerprint density at radius 3 is 2.22 bits per heavy atom. The number of amides is 1. The highest BCUT2D eigenvalue weighted by molar-refractivity contribution is 5.81. The Bertz CT molecular complexity index is 620. The van der Waals surface area contributed by atoms with Crippen LogP contribution in [0.25, 0.3) is 0 Å². The number of carbonyl (C=O) groups excluding carboxylic acids is 1. The van der Waals surface area contributed by atoms with Crippen molar-refractivity contribution in [2.24, 2.45) is 0 Å². The van der Waals surface area contributed by atoms with Gasteiger partial charge in [0.15, 0.2) is 6.10 Å². The molecule has 0 unspecified atom stereocenters. The van der Waals surface area contributed by atoms with Crippen molar-refractivity contribution in [1.82, 2.24) is 5.32 Å². The number of benzene rings is 2. The largest absolute Gasteiger partial charge is 0.497 e. The van der Waals surface area contributed by atoms with E-state index < -0.39 is 6.10 Å². The highest BCUT2D eigenvalue weighted by Gasteiger charge is 2.17. The molecule has 0 spiro atoms. The van der Waals surface area contributed by atoms with Crippen molar-refractivity contribution < 1.29 is 14.3 Å². The van der Waals surface area contributed by atoms with Gasteiger partial charge in [0.05, 0.1) is 7.11 Å². The van der Waals surface area contributed by atoms with Gasteiger partial charge in [0.25, 0.3) is 5.91 Å². The van der Waals surface area contributed by atoms with E-state index in [-0.39, 0.29) is 5.91 Å². The minimum absolute atomic E-state index is 0.108. The third-order valence-corrected chi connectivity index (χ3v) is 3.59. The lowest BCUT2D eigenvalue weighted by Crippen LogP contribution is -2.37. The summed E-state index contributed by atoms with van der Waals surface area (Å²) < 4.78 is 10.9. The Hall–Kier alpha value is -2.49. The lowest BCUT2D eigenvalue weighted by Gasteiger charge is -2.17. The molecule has 4 nitrogen and oxygen atoms in total. The monoisotopic (exact) mass is 313 g/mol. The third-order valence-electron chi connectivity index (χ3n) is 3.59. The lowest BCUT2D eigenvalue weighted by molar-refractivity contribution is -0.128. The first-order valence-corrected chi connectivity index (χ1v) is 7.76. The number of methoxy groups -OCH3 is 1. The van der Waals surface area contributed by atoms with Gasteiger partial charge >= 0.3 is 0 Å². The van der Waals surface area contributed by atoms with Crippen molar-refractivity contribution in [3.63, 3.8) is 0 Å². The minimum Gasteiger partial charge on any atom is -0.497 e. The second-order valence-electron chi connectivity index (χ2n) is 5.39. The molecule has 2 rings (SSSR count). The van der Waals surface area contributed by atoms with E-state index in [0.717, 1.165) is 16.9 Å². The molecule has 2 aromatic rings. The molecule has 2 aromatic carbocycles. The van der Waals surface area contributed by atoms with Gasteiger partial charge in [-0.05, 0) is 43.2 Å². The van der Waals surface area contributed by atoms with Crippen LogP contribution in [-0.2, 0) is 11.3 Å². The van der Waals surface area contributed by atoms with Crippen LogP contribution in [0.4, 0.5) is 0 Å². The first-order chi connectivity index (χ1) is 11.1. The van der Waals surface area contributed by atoms with Crippen molar-refractivity contribution >= 4 is 5.91 Å². The van der Waals surface area contributed by atoms with E-state index in [2.05, 4.69) is 5.32 Å². The standard InChI is InChI=1S/C19H23NO3/c1-4-18(23-17-9-5-14(2)6-10-17)19(21)20-13-15-7-11-16(22-3)12-8-15/h5-12,18H,4,13H2,1-3H3,(H,20,21)/t18-/m0/s1. The van der Waals surface area contributed by atoms with E-state index in [1.165, 1.54) is 0 Å². The maximum absolute atomic E-state index is 12.3. The normalized spacial score (nSPS) is 11.6. The van der Waals surface area contributed by atoms with Crippen LogP contribution in [0.5, 0.6) is 11.5 Å². The molecule has 0 aromatic heterocycles. The summed E-state index contributed by atoms with van der Waals surface area (Å²) in [6.07, 6.45) is 0.124. The van der Waals surface area contributed by atoms with Crippen LogP contribution in [0.3, 0.4) is 0 Å². The Labute approximate surface area is 137 Å². The van der Waals surface area contributed by atoms with Crippen molar-refractivity contribution in [1.29, 1.82) is 0 Å². The number of carbonyl (C=O) groups is 1. The van der Waals surface area contributed by atoms with Crippen LogP contribution in [0, 0.1) is 6.92 Å². The summed E-state index contributed by atoms with van der Waals surface area (Å²) in [6, 6.07) is 15.3. The van der Waals surface area contributed by atoms with E-state index in [0.29, 0.717) is 18.7 Å². The van der Waals surface area contributed by atoms with Gasteiger partial charge in [-0.3, -0.25) is 4.79 Å². The van der Waals surface area contributed by atoms with Crippen LogP contribution < -0.4 is 14.8 Å². The molecule has 1 amide bonds. The molecule has 0 aliphatic rings. The second kappa shape index (κ2) is 8.22. The number of hydrogen-bond acceptors (Lipinski definition) is 3. The quantitative estimate of drug-likeness (QED) is 0.851. The van der Waals surface area contributed by atoms with Gasteiger partial charge in [-0.15, -0.1) is 0 Å². The molecule has 0 saturated carbocycles. The first kappa shape index (κ1) is 16.9. The minimum atomic E-state index is -0.490. The van der Waals surface area contributed by atoms with Crippen molar-refractivity contribution in [3.8, 4) is 11.5 Å². The van der Waals surface area contributed by atoms with E-state index in [4.69, 9.17) is 9.47 Å². The SMILES string of the molecule is CC[C@H](Oc1ccc(C)cc1)C(=O)NCc1ccc(OC)cc1. The van der Waals surface area contributed by atoms with Crippen molar-refractivity contribution in [3.05, 3.63) is 59.7 Å². The number of aryl methyl sites for hydroxylation is 1. The van der Waals surface area contributed by atoms with E-state index in [9.17, 15) is 4.79 Å². The Balaban J connectivity index is 1.90. The van der Waals surface area contributed by atoms with Crippen molar-refractivity contribution in [2.75, 3.05) is 7.11 Å². The van der Waals surface area contributed by atoms with Gasteiger partial charge in [-0.1, -0.05) is 36.8 Å². The summed E-state index contributed by atoms with van der Waals surface area (Å²) in [5, 5.41) is 2.91. The van der Waals surface area contributed by atoms with Crippen LogP contribution in [0.1, 0.15) is 24.5 Å². The molecule has 0 fully saturated rings. The zero-order valence-corrected chi connectivity index (χ0v) is 13.8. The van der Waals surface area contributed by atoms with E-state index in [1.807, 2.05) is 62.4 Å². The summed E-state index contributed by atoms with van der Waals surface area (Å²) in [7, 11) is 1.63. The van der Waals surface area contributed by atoms with Crippen molar-refractivity contribution in [2.45, 2.75) is 32.9 Å². The fourth-order valence-corrected chi connectivity index (χ4v) is 2.15. The smallest absolute Gasteiger partial charge is 0.261 e. The Kier molecular flexibility index (Phi) is 6.03. The maximum Gasteiger partial charge on any atom is 0.261 e. The maximum atomic E-state index is 12.3. The predicted octanol–water partition coefficient (Wildman–Crippen LogP) is 3.48. The number of hydrogen-bond donors (Lipinski definition) is 1. The van der Waals surface area contributed by atoms with Crippen LogP contribution in [0.2, 0.25) is 0 Å². The fourth-order valence-electron chi connectivity index (χ4n) is 2.15. The fraction of sp³-hybridized carbons (Fsp3) is 0.316. The van der Waals surface area contributed by atoms with E-state index >= 15 is 0 Å². The van der Waals surface area contributed by atoms with Crippen LogP contribution >= 0.6 is 0 Å². The molecule has 4 heteroatoms. The van der Waals surface area contributed by atoms with Crippen LogP contribution in [0.15, 0.2) is 48.5 Å². The van der Waals surface area contributed by atoms with Crippen LogP contribution in [-0.4, -0.2) is 19.1 Å². The zero-order chi connectivity index (χ0) is 16.7. The second-order valence-corrected chi connectivity index (χ2v) is 5.39. The summed E-state index contributed by atoms with van der Waals surface area (Å²) in [5.41, 5.74) is 2.18. The van der Waals surface area contributed by atoms with Gasteiger partial charge in [0, 0.05) is 6.54 Å². The summed E-state index contributed by atoms with van der Waals surface area (Å²) >= 11 is 0. The molecular weight excluding hydrogens is 290 g/mol. The molecule has 0 bridgehead atoms. The Morgan fingerprint density at radius 1 is 1.04 bits per heavy atom. The topological polar surface area (TPSA) is 47.6 Å². The summed E-state index contributed by atoms with van der Waals surface area (Å²) in [5.74, 6) is 1.40.